The van der Waals surface area contributed by atoms with Crippen LogP contribution in [0.15, 0.2) is 31.3 Å². The predicted molar refractivity (Wildman–Crippen MR) is 76.4 cm³/mol. The number of hydrogen-bond donors (Lipinski definition) is 2. The lowest BCUT2D eigenvalue weighted by Crippen LogP contribution is -2.21. The van der Waals surface area contributed by atoms with Crippen molar-refractivity contribution in [2.45, 2.75) is 6.92 Å². The van der Waals surface area contributed by atoms with Crippen LogP contribution >= 0.6 is 31.9 Å². The third-order valence-electron chi connectivity index (χ3n) is 1.69. The number of ether oxygens (including phenoxy) is 1. The molecule has 17 heavy (non-hydrogen) atoms. The molecule has 0 fully saturated rings. The first-order valence-electron chi connectivity index (χ1n) is 4.78. The molecule has 7 heteroatoms. The van der Waals surface area contributed by atoms with Gasteiger partial charge in [-0.3, -0.25) is 0 Å². The van der Waals surface area contributed by atoms with Crippen molar-refractivity contribution in [1.29, 1.82) is 0 Å². The van der Waals surface area contributed by atoms with E-state index in [1.165, 1.54) is 0 Å². The maximum Gasteiger partial charge on any atom is 0.211 e. The highest BCUT2D eigenvalue weighted by molar-refractivity contribution is 9.11. The Balaban J connectivity index is 2.98. The minimum Gasteiger partial charge on any atom is -0.492 e. The lowest BCUT2D eigenvalue weighted by atomic mass is 10.2. The smallest absolute Gasteiger partial charge is 0.211 e. The summed E-state index contributed by atoms with van der Waals surface area (Å²) in [4.78, 5) is 0. The van der Waals surface area contributed by atoms with Crippen LogP contribution in [0.4, 0.5) is 0 Å². The van der Waals surface area contributed by atoms with E-state index in [1.807, 2.05) is 19.1 Å². The highest BCUT2D eigenvalue weighted by Crippen LogP contribution is 2.34. The quantitative estimate of drug-likeness (QED) is 0.488. The van der Waals surface area contributed by atoms with E-state index in [9.17, 15) is 0 Å². The standard InChI is InChI=1S/C10H12Br2N4O/c1-2-17-9-7(11)3-6(4-8(9)12)5-15-16-10(13)14/h3-5H,2H2,1H3,(H4,13,14,16). The molecular weight excluding hydrogens is 352 g/mol. The number of nitrogens with zero attached hydrogens (tertiary/aromatic N) is 2. The Labute approximate surface area is 116 Å². The molecule has 0 atom stereocenters. The van der Waals surface area contributed by atoms with Crippen molar-refractivity contribution in [2.24, 2.45) is 21.7 Å². The number of hydrogen-bond acceptors (Lipinski definition) is 3. The van der Waals surface area contributed by atoms with Crippen molar-refractivity contribution >= 4 is 44.0 Å². The summed E-state index contributed by atoms with van der Waals surface area (Å²) in [5.74, 6) is 0.678. The highest BCUT2D eigenvalue weighted by atomic mass is 79.9. The van der Waals surface area contributed by atoms with Crippen molar-refractivity contribution in [3.63, 3.8) is 0 Å². The second-order valence-electron chi connectivity index (χ2n) is 3.02. The van der Waals surface area contributed by atoms with Gasteiger partial charge in [-0.05, 0) is 56.5 Å². The lowest BCUT2D eigenvalue weighted by molar-refractivity contribution is 0.336. The van der Waals surface area contributed by atoms with E-state index in [0.29, 0.717) is 6.61 Å². The minimum atomic E-state index is -0.0784. The van der Waals surface area contributed by atoms with Crippen molar-refractivity contribution in [3.8, 4) is 5.75 Å². The van der Waals surface area contributed by atoms with Gasteiger partial charge in [-0.15, -0.1) is 5.10 Å². The largest absolute Gasteiger partial charge is 0.492 e. The molecular formula is C10H12Br2N4O. The molecule has 0 bridgehead atoms. The first-order valence-corrected chi connectivity index (χ1v) is 6.37. The van der Waals surface area contributed by atoms with E-state index in [-0.39, 0.29) is 5.96 Å². The second kappa shape index (κ2) is 6.61. The SMILES string of the molecule is CCOc1c(Br)cc(C=NN=C(N)N)cc1Br. The van der Waals surface area contributed by atoms with Gasteiger partial charge in [0.2, 0.25) is 5.96 Å². The molecule has 0 aliphatic rings. The van der Waals surface area contributed by atoms with E-state index in [4.69, 9.17) is 16.2 Å². The van der Waals surface area contributed by atoms with Crippen LogP contribution in [0.5, 0.6) is 5.75 Å². The van der Waals surface area contributed by atoms with Gasteiger partial charge in [0, 0.05) is 0 Å². The van der Waals surface area contributed by atoms with Crippen molar-refractivity contribution in [1.82, 2.24) is 0 Å². The third kappa shape index (κ3) is 4.35. The third-order valence-corrected chi connectivity index (χ3v) is 2.87. The summed E-state index contributed by atoms with van der Waals surface area (Å²) in [6.45, 7) is 2.52. The topological polar surface area (TPSA) is 86.0 Å². The maximum absolute atomic E-state index is 5.46. The van der Waals surface area contributed by atoms with Crippen LogP contribution in [0.3, 0.4) is 0 Å². The Morgan fingerprint density at radius 2 is 1.94 bits per heavy atom. The van der Waals surface area contributed by atoms with Gasteiger partial charge in [-0.2, -0.15) is 5.10 Å². The lowest BCUT2D eigenvalue weighted by Gasteiger charge is -2.08. The summed E-state index contributed by atoms with van der Waals surface area (Å²) in [7, 11) is 0. The molecule has 0 unspecified atom stereocenters. The molecule has 0 spiro atoms. The van der Waals surface area contributed by atoms with Gasteiger partial charge in [0.15, 0.2) is 0 Å². The molecule has 0 saturated carbocycles. The van der Waals surface area contributed by atoms with Gasteiger partial charge >= 0.3 is 0 Å². The summed E-state index contributed by atoms with van der Waals surface area (Å²) in [5.41, 5.74) is 11.2. The number of guanidine groups is 1. The number of benzene rings is 1. The Morgan fingerprint density at radius 3 is 2.41 bits per heavy atom. The average Bonchev–Trinajstić information content (AvgIpc) is 2.23. The normalized spacial score (nSPS) is 10.5. The fourth-order valence-electron chi connectivity index (χ4n) is 1.10. The van der Waals surface area contributed by atoms with Crippen molar-refractivity contribution < 1.29 is 4.74 Å². The van der Waals surface area contributed by atoms with Crippen molar-refractivity contribution in [2.75, 3.05) is 6.61 Å². The summed E-state index contributed by atoms with van der Waals surface area (Å²) in [5, 5.41) is 7.25. The molecule has 1 rings (SSSR count). The highest BCUT2D eigenvalue weighted by Gasteiger charge is 2.07. The van der Waals surface area contributed by atoms with Gasteiger partial charge in [0.25, 0.3) is 0 Å². The molecule has 0 amide bonds. The van der Waals surface area contributed by atoms with Crippen LogP contribution < -0.4 is 16.2 Å². The molecule has 1 aromatic carbocycles. The fraction of sp³-hybridized carbons (Fsp3) is 0.200. The molecule has 5 nitrogen and oxygen atoms in total. The molecule has 0 heterocycles. The molecule has 0 saturated heterocycles. The first-order chi connectivity index (χ1) is 8.04. The maximum atomic E-state index is 5.46. The van der Waals surface area contributed by atoms with E-state index in [1.54, 1.807) is 6.21 Å². The molecule has 0 aromatic heterocycles. The van der Waals surface area contributed by atoms with E-state index < -0.39 is 0 Å². The molecule has 92 valence electrons. The Bertz CT molecular complexity index is 433. The number of rotatable bonds is 4. The van der Waals surface area contributed by atoms with E-state index in [2.05, 4.69) is 42.1 Å². The van der Waals surface area contributed by atoms with Crippen LogP contribution in [0, 0.1) is 0 Å². The van der Waals surface area contributed by atoms with Gasteiger partial charge in [0.05, 0.1) is 21.8 Å². The van der Waals surface area contributed by atoms with Crippen LogP contribution in [0.2, 0.25) is 0 Å². The Kier molecular flexibility index (Phi) is 5.43. The van der Waals surface area contributed by atoms with Crippen molar-refractivity contribution in [3.05, 3.63) is 26.6 Å². The molecule has 0 aliphatic heterocycles. The molecule has 0 radical (unpaired) electrons. The van der Waals surface area contributed by atoms with E-state index in [0.717, 1.165) is 20.3 Å². The Morgan fingerprint density at radius 1 is 1.35 bits per heavy atom. The van der Waals surface area contributed by atoms with Crippen LogP contribution in [0.25, 0.3) is 0 Å². The summed E-state index contributed by atoms with van der Waals surface area (Å²) in [6, 6.07) is 3.73. The number of halogens is 2. The van der Waals surface area contributed by atoms with Crippen LogP contribution in [-0.2, 0) is 0 Å². The molecule has 4 N–H and O–H groups in total. The zero-order chi connectivity index (χ0) is 12.8. The minimum absolute atomic E-state index is 0.0784. The average molecular weight is 364 g/mol. The summed E-state index contributed by atoms with van der Waals surface area (Å²) >= 11 is 6.84. The summed E-state index contributed by atoms with van der Waals surface area (Å²) in [6.07, 6.45) is 1.55. The zero-order valence-electron chi connectivity index (χ0n) is 9.15. The fourth-order valence-corrected chi connectivity index (χ4v) is 2.55. The van der Waals surface area contributed by atoms with E-state index >= 15 is 0 Å². The molecule has 1 aromatic rings. The number of nitrogens with two attached hydrogens (primary N) is 2. The van der Waals surface area contributed by atoms with Gasteiger partial charge in [-0.1, -0.05) is 0 Å². The van der Waals surface area contributed by atoms with Gasteiger partial charge in [-0.25, -0.2) is 0 Å². The van der Waals surface area contributed by atoms with Crippen LogP contribution in [-0.4, -0.2) is 18.8 Å². The monoisotopic (exact) mass is 362 g/mol. The molecule has 0 aliphatic carbocycles. The van der Waals surface area contributed by atoms with Crippen LogP contribution in [0.1, 0.15) is 12.5 Å². The second-order valence-corrected chi connectivity index (χ2v) is 4.72. The Hall–Kier alpha value is -1.08. The summed E-state index contributed by atoms with van der Waals surface area (Å²) < 4.78 is 7.13. The van der Waals surface area contributed by atoms with Gasteiger partial charge in [0.1, 0.15) is 5.75 Å². The predicted octanol–water partition coefficient (Wildman–Crippen LogP) is 2.22. The zero-order valence-corrected chi connectivity index (χ0v) is 12.3. The van der Waals surface area contributed by atoms with Gasteiger partial charge < -0.3 is 16.2 Å². The first kappa shape index (κ1) is 14.0.